The topological polar surface area (TPSA) is 88.6 Å². The molecule has 2 N–H and O–H groups in total. The summed E-state index contributed by atoms with van der Waals surface area (Å²) < 4.78 is 11.1. The van der Waals surface area contributed by atoms with Crippen LogP contribution in [0.15, 0.2) is 42.6 Å². The summed E-state index contributed by atoms with van der Waals surface area (Å²) in [7, 11) is 1.64. The van der Waals surface area contributed by atoms with Gasteiger partial charge in [-0.05, 0) is 48.2 Å². The predicted octanol–water partition coefficient (Wildman–Crippen LogP) is 4.91. The molecule has 0 radical (unpaired) electrons. The number of morpholine rings is 1. The molecule has 9 heteroatoms. The number of hydrogen-bond donors (Lipinski definition) is 2. The van der Waals surface area contributed by atoms with Crippen molar-refractivity contribution in [2.24, 2.45) is 0 Å². The number of rotatable bonds is 6. The van der Waals surface area contributed by atoms with E-state index in [2.05, 4.69) is 37.6 Å². The minimum atomic E-state index is 0.320. The summed E-state index contributed by atoms with van der Waals surface area (Å²) in [6, 6.07) is 12.2. The number of anilines is 5. The molecule has 3 aromatic rings. The average molecular weight is 494 g/mol. The van der Waals surface area contributed by atoms with Gasteiger partial charge >= 0.3 is 0 Å². The van der Waals surface area contributed by atoms with Crippen LogP contribution in [0.3, 0.4) is 0 Å². The maximum Gasteiger partial charge on any atom is 0.229 e. The summed E-state index contributed by atoms with van der Waals surface area (Å²) in [6.07, 6.45) is 4.33. The van der Waals surface area contributed by atoms with Gasteiger partial charge in [0, 0.05) is 43.4 Å². The van der Waals surface area contributed by atoms with Gasteiger partial charge in [0.2, 0.25) is 5.95 Å². The number of carbonyl (C=O) groups is 1. The van der Waals surface area contributed by atoms with Gasteiger partial charge in [0.1, 0.15) is 16.6 Å². The Kier molecular flexibility index (Phi) is 7.01. The number of aromatic nitrogens is 2. The first-order valence-corrected chi connectivity index (χ1v) is 12.2. The third kappa shape index (κ3) is 5.49. The number of fused-ring (bicyclic) bond motifs is 1. The average Bonchev–Trinajstić information content (AvgIpc) is 3.08. The van der Waals surface area contributed by atoms with E-state index in [0.29, 0.717) is 41.2 Å². The Labute approximate surface area is 209 Å². The fourth-order valence-corrected chi connectivity index (χ4v) is 4.56. The van der Waals surface area contributed by atoms with E-state index in [1.54, 1.807) is 13.3 Å². The summed E-state index contributed by atoms with van der Waals surface area (Å²) in [4.78, 5) is 23.0. The SMILES string of the molecule is COc1cc(N2CCOCC2)ccc1Nc1nc(Nc2ccc3c(c2)CCC(=O)CC3)ncc1Cl. The molecular weight excluding hydrogens is 466 g/mol. The maximum absolute atomic E-state index is 11.8. The molecule has 0 bridgehead atoms. The third-order valence-electron chi connectivity index (χ3n) is 6.37. The van der Waals surface area contributed by atoms with Crippen LogP contribution >= 0.6 is 11.6 Å². The minimum Gasteiger partial charge on any atom is -0.494 e. The number of carbonyl (C=O) groups excluding carboxylic acids is 1. The van der Waals surface area contributed by atoms with E-state index in [9.17, 15) is 4.79 Å². The van der Waals surface area contributed by atoms with Crippen LogP contribution < -0.4 is 20.3 Å². The summed E-state index contributed by atoms with van der Waals surface area (Å²) in [5.74, 6) is 1.91. The van der Waals surface area contributed by atoms with Crippen molar-refractivity contribution in [3.05, 3.63) is 58.7 Å². The second-order valence-corrected chi connectivity index (χ2v) is 9.05. The zero-order chi connectivity index (χ0) is 24.2. The molecule has 0 amide bonds. The van der Waals surface area contributed by atoms with Crippen LogP contribution in [-0.2, 0) is 22.4 Å². The Balaban J connectivity index is 1.34. The maximum atomic E-state index is 11.8. The van der Waals surface area contributed by atoms with Crippen molar-refractivity contribution in [3.8, 4) is 5.75 Å². The van der Waals surface area contributed by atoms with Crippen molar-refractivity contribution in [3.63, 3.8) is 0 Å². The van der Waals surface area contributed by atoms with Gasteiger partial charge in [0.15, 0.2) is 5.82 Å². The summed E-state index contributed by atoms with van der Waals surface area (Å²) in [5.41, 5.74) is 5.13. The normalized spacial score (nSPS) is 15.8. The molecule has 1 fully saturated rings. The summed E-state index contributed by atoms with van der Waals surface area (Å²) in [6.45, 7) is 3.14. The standard InChI is InChI=1S/C26H28ClN5O3/c1-34-24-15-20(32-10-12-35-13-11-32)6-9-23(24)30-25-22(27)16-28-26(31-25)29-19-5-2-17-3-7-21(33)8-4-18(17)14-19/h2,5-6,9,14-16H,3-4,7-8,10-13H2,1H3,(H2,28,29,30,31). The molecule has 1 aromatic heterocycles. The van der Waals surface area contributed by atoms with E-state index in [1.165, 1.54) is 11.1 Å². The van der Waals surface area contributed by atoms with Gasteiger partial charge in [0.05, 0.1) is 32.2 Å². The minimum absolute atomic E-state index is 0.320. The van der Waals surface area contributed by atoms with Gasteiger partial charge in [-0.25, -0.2) is 4.98 Å². The van der Waals surface area contributed by atoms with E-state index in [4.69, 9.17) is 21.1 Å². The molecule has 1 aliphatic carbocycles. The van der Waals surface area contributed by atoms with Crippen LogP contribution in [0.1, 0.15) is 24.0 Å². The number of nitrogens with zero attached hydrogens (tertiary/aromatic N) is 3. The zero-order valence-corrected chi connectivity index (χ0v) is 20.4. The van der Waals surface area contributed by atoms with Crippen molar-refractivity contribution in [2.45, 2.75) is 25.7 Å². The van der Waals surface area contributed by atoms with Crippen LogP contribution in [0.5, 0.6) is 5.75 Å². The van der Waals surface area contributed by atoms with Crippen molar-refractivity contribution in [1.82, 2.24) is 9.97 Å². The number of nitrogens with one attached hydrogen (secondary N) is 2. The number of hydrogen-bond acceptors (Lipinski definition) is 8. The summed E-state index contributed by atoms with van der Waals surface area (Å²) >= 11 is 6.41. The van der Waals surface area contributed by atoms with E-state index < -0.39 is 0 Å². The van der Waals surface area contributed by atoms with Crippen LogP contribution in [0, 0.1) is 0 Å². The molecule has 35 heavy (non-hydrogen) atoms. The van der Waals surface area contributed by atoms with Gasteiger partial charge in [-0.3, -0.25) is 4.79 Å². The molecule has 2 aliphatic rings. The van der Waals surface area contributed by atoms with Gasteiger partial charge in [-0.1, -0.05) is 17.7 Å². The van der Waals surface area contributed by atoms with Crippen LogP contribution in [0.25, 0.3) is 0 Å². The first-order valence-electron chi connectivity index (χ1n) is 11.8. The van der Waals surface area contributed by atoms with Gasteiger partial charge in [-0.2, -0.15) is 4.98 Å². The Morgan fingerprint density at radius 3 is 2.60 bits per heavy atom. The second kappa shape index (κ2) is 10.5. The molecule has 182 valence electrons. The number of benzene rings is 2. The van der Waals surface area contributed by atoms with E-state index in [0.717, 1.165) is 56.2 Å². The Morgan fingerprint density at radius 2 is 1.80 bits per heavy atom. The highest BCUT2D eigenvalue weighted by molar-refractivity contribution is 6.33. The molecule has 0 unspecified atom stereocenters. The van der Waals surface area contributed by atoms with Crippen LogP contribution in [0.2, 0.25) is 5.02 Å². The van der Waals surface area contributed by atoms with Crippen molar-refractivity contribution >= 4 is 46.2 Å². The largest absolute Gasteiger partial charge is 0.494 e. The van der Waals surface area contributed by atoms with Gasteiger partial charge in [-0.15, -0.1) is 0 Å². The lowest BCUT2D eigenvalue weighted by molar-refractivity contribution is -0.118. The second-order valence-electron chi connectivity index (χ2n) is 8.65. The number of aryl methyl sites for hydroxylation is 2. The van der Waals surface area contributed by atoms with Crippen molar-refractivity contribution < 1.29 is 14.3 Å². The predicted molar refractivity (Wildman–Crippen MR) is 138 cm³/mol. The molecular formula is C26H28ClN5O3. The number of ketones is 1. The van der Waals surface area contributed by atoms with Crippen LogP contribution in [0.4, 0.5) is 28.8 Å². The Hall–Kier alpha value is -3.36. The highest BCUT2D eigenvalue weighted by Crippen LogP contribution is 2.34. The molecule has 1 aliphatic heterocycles. The molecule has 2 aromatic carbocycles. The lowest BCUT2D eigenvalue weighted by atomic mass is 10.0. The van der Waals surface area contributed by atoms with Crippen LogP contribution in [-0.4, -0.2) is 49.2 Å². The number of ether oxygens (including phenoxy) is 2. The lowest BCUT2D eigenvalue weighted by Crippen LogP contribution is -2.36. The fraction of sp³-hybridized carbons (Fsp3) is 0.346. The van der Waals surface area contributed by atoms with E-state index in [-0.39, 0.29) is 0 Å². The van der Waals surface area contributed by atoms with Crippen molar-refractivity contribution in [2.75, 3.05) is 48.9 Å². The number of methoxy groups -OCH3 is 1. The molecule has 2 heterocycles. The first-order chi connectivity index (χ1) is 17.1. The lowest BCUT2D eigenvalue weighted by Gasteiger charge is -2.29. The van der Waals surface area contributed by atoms with Crippen molar-refractivity contribution in [1.29, 1.82) is 0 Å². The Bertz CT molecular complexity index is 1230. The Morgan fingerprint density at radius 1 is 1.00 bits per heavy atom. The molecule has 0 spiro atoms. The third-order valence-corrected chi connectivity index (χ3v) is 6.64. The van der Waals surface area contributed by atoms with E-state index >= 15 is 0 Å². The smallest absolute Gasteiger partial charge is 0.229 e. The molecule has 0 saturated carbocycles. The fourth-order valence-electron chi connectivity index (χ4n) is 4.43. The molecule has 1 saturated heterocycles. The molecule has 8 nitrogen and oxygen atoms in total. The highest BCUT2D eigenvalue weighted by Gasteiger charge is 2.16. The zero-order valence-electron chi connectivity index (χ0n) is 19.6. The van der Waals surface area contributed by atoms with Gasteiger partial charge < -0.3 is 25.0 Å². The molecule has 0 atom stereocenters. The monoisotopic (exact) mass is 493 g/mol. The van der Waals surface area contributed by atoms with E-state index in [1.807, 2.05) is 24.3 Å². The number of Topliss-reactive ketones (excluding diaryl/α,β-unsaturated/α-hetero) is 1. The van der Waals surface area contributed by atoms with Gasteiger partial charge in [0.25, 0.3) is 0 Å². The molecule has 5 rings (SSSR count). The highest BCUT2D eigenvalue weighted by atomic mass is 35.5. The first kappa shape index (κ1) is 23.4. The number of halogens is 1. The summed E-state index contributed by atoms with van der Waals surface area (Å²) in [5, 5.41) is 6.95. The quantitative estimate of drug-likeness (QED) is 0.468.